The first-order valence-electron chi connectivity index (χ1n) is 6.19. The van der Waals surface area contributed by atoms with Crippen molar-refractivity contribution in [2.45, 2.75) is 58.8 Å². The molecule has 2 atom stereocenters. The molecule has 0 fully saturated rings. The zero-order valence-electron chi connectivity index (χ0n) is 10.1. The fraction of sp³-hybridized carbons (Fsp3) is 0.846. The zero-order valence-corrected chi connectivity index (χ0v) is 10.1. The highest BCUT2D eigenvalue weighted by Crippen LogP contribution is 2.18. The van der Waals surface area contributed by atoms with E-state index in [-0.39, 0.29) is 11.8 Å². The van der Waals surface area contributed by atoms with Gasteiger partial charge in [-0.1, -0.05) is 39.5 Å². The maximum atomic E-state index is 10.8. The van der Waals surface area contributed by atoms with Gasteiger partial charge in [0.25, 0.3) is 0 Å². The Morgan fingerprint density at radius 2 is 1.60 bits per heavy atom. The smallest absolute Gasteiger partial charge is 0.123 e. The lowest BCUT2D eigenvalue weighted by Gasteiger charge is -2.13. The van der Waals surface area contributed by atoms with Gasteiger partial charge in [-0.15, -0.1) is 0 Å². The van der Waals surface area contributed by atoms with Gasteiger partial charge in [0.05, 0.1) is 0 Å². The molecule has 0 amide bonds. The summed E-state index contributed by atoms with van der Waals surface area (Å²) in [5, 5.41) is 0. The monoisotopic (exact) mass is 212 g/mol. The normalized spacial score (nSPS) is 14.5. The van der Waals surface area contributed by atoms with E-state index in [1.165, 1.54) is 19.3 Å². The number of carbonyl (C=O) groups is 2. The van der Waals surface area contributed by atoms with Gasteiger partial charge in [0.15, 0.2) is 0 Å². The Hall–Kier alpha value is -0.660. The summed E-state index contributed by atoms with van der Waals surface area (Å²) in [6.07, 6.45) is 9.35. The van der Waals surface area contributed by atoms with Gasteiger partial charge in [-0.25, -0.2) is 0 Å². The number of carbonyl (C=O) groups excluding carboxylic acids is 2. The van der Waals surface area contributed by atoms with Crippen molar-refractivity contribution in [3.05, 3.63) is 0 Å². The van der Waals surface area contributed by atoms with Crippen LogP contribution in [-0.4, -0.2) is 12.6 Å². The van der Waals surface area contributed by atoms with Crippen LogP contribution in [0.2, 0.25) is 0 Å². The fourth-order valence-electron chi connectivity index (χ4n) is 1.78. The van der Waals surface area contributed by atoms with Crippen LogP contribution < -0.4 is 0 Å². The third-order valence-corrected chi connectivity index (χ3v) is 2.94. The van der Waals surface area contributed by atoms with Crippen molar-refractivity contribution in [2.75, 3.05) is 0 Å². The van der Waals surface area contributed by atoms with E-state index < -0.39 is 0 Å². The molecule has 0 N–H and O–H groups in total. The minimum atomic E-state index is 0.0753. The van der Waals surface area contributed by atoms with Crippen LogP contribution in [0.1, 0.15) is 58.8 Å². The summed E-state index contributed by atoms with van der Waals surface area (Å²) in [4.78, 5) is 21.5. The average molecular weight is 212 g/mol. The molecule has 2 heteroatoms. The quantitative estimate of drug-likeness (QED) is 0.411. The predicted octanol–water partition coefficient (Wildman–Crippen LogP) is 3.39. The fourth-order valence-corrected chi connectivity index (χ4v) is 1.78. The molecule has 0 aliphatic heterocycles. The van der Waals surface area contributed by atoms with Gasteiger partial charge in [-0.2, -0.15) is 0 Å². The van der Waals surface area contributed by atoms with Gasteiger partial charge in [0.2, 0.25) is 0 Å². The number of hydrogen-bond donors (Lipinski definition) is 0. The van der Waals surface area contributed by atoms with E-state index in [9.17, 15) is 9.59 Å². The van der Waals surface area contributed by atoms with Crippen LogP contribution in [0.3, 0.4) is 0 Å². The number of hydrogen-bond acceptors (Lipinski definition) is 2. The predicted molar refractivity (Wildman–Crippen MR) is 62.8 cm³/mol. The van der Waals surface area contributed by atoms with Gasteiger partial charge in [0.1, 0.15) is 12.6 Å². The molecule has 0 aromatic carbocycles. The largest absolute Gasteiger partial charge is 0.303 e. The molecule has 2 nitrogen and oxygen atoms in total. The summed E-state index contributed by atoms with van der Waals surface area (Å²) in [6, 6.07) is 0. The minimum Gasteiger partial charge on any atom is -0.303 e. The van der Waals surface area contributed by atoms with Crippen molar-refractivity contribution in [1.29, 1.82) is 0 Å². The van der Waals surface area contributed by atoms with Crippen molar-refractivity contribution in [2.24, 2.45) is 11.8 Å². The lowest BCUT2D eigenvalue weighted by molar-refractivity contribution is -0.114. The SMILES string of the molecule is CCCCCCC(C=O)CC(C=O)CC. The summed E-state index contributed by atoms with van der Waals surface area (Å²) in [5.74, 6) is 0.170. The van der Waals surface area contributed by atoms with Gasteiger partial charge in [-0.05, 0) is 19.3 Å². The highest BCUT2D eigenvalue weighted by atomic mass is 16.1. The summed E-state index contributed by atoms with van der Waals surface area (Å²) < 4.78 is 0. The van der Waals surface area contributed by atoms with Crippen molar-refractivity contribution in [3.63, 3.8) is 0 Å². The van der Waals surface area contributed by atoms with Gasteiger partial charge in [0, 0.05) is 11.8 Å². The first kappa shape index (κ1) is 14.3. The number of aldehydes is 2. The molecule has 0 aliphatic carbocycles. The second-order valence-electron chi connectivity index (χ2n) is 4.29. The minimum absolute atomic E-state index is 0.0753. The molecule has 0 radical (unpaired) electrons. The van der Waals surface area contributed by atoms with Crippen LogP contribution in [0.4, 0.5) is 0 Å². The molecule has 0 bridgehead atoms. The Balaban J connectivity index is 3.71. The van der Waals surface area contributed by atoms with Crippen LogP contribution in [-0.2, 0) is 9.59 Å². The number of rotatable bonds is 10. The standard InChI is InChI=1S/C13H24O2/c1-3-5-6-7-8-13(11-15)9-12(4-2)10-14/h10-13H,3-9H2,1-2H3. The van der Waals surface area contributed by atoms with E-state index >= 15 is 0 Å². The second kappa shape index (κ2) is 9.88. The Labute approximate surface area is 93.4 Å². The molecule has 0 aliphatic rings. The van der Waals surface area contributed by atoms with Crippen molar-refractivity contribution in [3.8, 4) is 0 Å². The Kier molecular flexibility index (Phi) is 9.44. The molecule has 0 saturated carbocycles. The maximum Gasteiger partial charge on any atom is 0.123 e. The molecule has 88 valence electrons. The van der Waals surface area contributed by atoms with E-state index in [2.05, 4.69) is 6.92 Å². The lowest BCUT2D eigenvalue weighted by atomic mass is 9.90. The third kappa shape index (κ3) is 7.29. The van der Waals surface area contributed by atoms with E-state index in [1.54, 1.807) is 0 Å². The summed E-state index contributed by atoms with van der Waals surface area (Å²) in [5.41, 5.74) is 0. The van der Waals surface area contributed by atoms with Crippen LogP contribution in [0.5, 0.6) is 0 Å². The van der Waals surface area contributed by atoms with E-state index in [1.807, 2.05) is 6.92 Å². The van der Waals surface area contributed by atoms with Crippen molar-refractivity contribution >= 4 is 12.6 Å². The molecule has 0 aromatic heterocycles. The van der Waals surface area contributed by atoms with E-state index in [4.69, 9.17) is 0 Å². The van der Waals surface area contributed by atoms with Crippen LogP contribution in [0, 0.1) is 11.8 Å². The van der Waals surface area contributed by atoms with Gasteiger partial charge >= 0.3 is 0 Å². The summed E-state index contributed by atoms with van der Waals surface area (Å²) in [6.45, 7) is 4.18. The highest BCUT2D eigenvalue weighted by molar-refractivity contribution is 5.57. The third-order valence-electron chi connectivity index (χ3n) is 2.94. The first-order valence-corrected chi connectivity index (χ1v) is 6.19. The first-order chi connectivity index (χ1) is 7.28. The average Bonchev–Trinajstić information content (AvgIpc) is 2.28. The summed E-state index contributed by atoms with van der Waals surface area (Å²) >= 11 is 0. The molecule has 0 rings (SSSR count). The van der Waals surface area contributed by atoms with Crippen LogP contribution in [0.25, 0.3) is 0 Å². The van der Waals surface area contributed by atoms with E-state index in [0.29, 0.717) is 0 Å². The molecule has 0 spiro atoms. The second-order valence-corrected chi connectivity index (χ2v) is 4.29. The molecule has 0 aromatic rings. The van der Waals surface area contributed by atoms with Gasteiger partial charge in [-0.3, -0.25) is 0 Å². The number of unbranched alkanes of at least 4 members (excludes halogenated alkanes) is 3. The molecule has 0 heterocycles. The maximum absolute atomic E-state index is 10.8. The lowest BCUT2D eigenvalue weighted by Crippen LogP contribution is -2.11. The van der Waals surface area contributed by atoms with E-state index in [0.717, 1.165) is 38.3 Å². The zero-order chi connectivity index (χ0) is 11.5. The molecule has 0 saturated heterocycles. The molecular weight excluding hydrogens is 188 g/mol. The van der Waals surface area contributed by atoms with Crippen LogP contribution in [0.15, 0.2) is 0 Å². The van der Waals surface area contributed by atoms with Crippen molar-refractivity contribution < 1.29 is 9.59 Å². The Morgan fingerprint density at radius 1 is 0.933 bits per heavy atom. The van der Waals surface area contributed by atoms with Crippen LogP contribution >= 0.6 is 0 Å². The van der Waals surface area contributed by atoms with Crippen molar-refractivity contribution in [1.82, 2.24) is 0 Å². The highest BCUT2D eigenvalue weighted by Gasteiger charge is 2.13. The molecule has 2 unspecified atom stereocenters. The summed E-state index contributed by atoms with van der Waals surface area (Å²) in [7, 11) is 0. The Bertz CT molecular complexity index is 166. The Morgan fingerprint density at radius 3 is 2.07 bits per heavy atom. The molecular formula is C13H24O2. The topological polar surface area (TPSA) is 34.1 Å². The van der Waals surface area contributed by atoms with Gasteiger partial charge < -0.3 is 9.59 Å². The molecule has 15 heavy (non-hydrogen) atoms.